The van der Waals surface area contributed by atoms with Gasteiger partial charge in [-0.3, -0.25) is 9.59 Å². The van der Waals surface area contributed by atoms with Crippen LogP contribution >= 0.6 is 11.6 Å². The van der Waals surface area contributed by atoms with E-state index in [1.54, 1.807) is 18.2 Å². The molecule has 0 saturated heterocycles. The summed E-state index contributed by atoms with van der Waals surface area (Å²) in [6, 6.07) is 7.73. The second kappa shape index (κ2) is 6.45. The van der Waals surface area contributed by atoms with Crippen molar-refractivity contribution in [2.24, 2.45) is 0 Å². The minimum Gasteiger partial charge on any atom is -0.489 e. The molecule has 0 aliphatic carbocycles. The van der Waals surface area contributed by atoms with E-state index in [-0.39, 0.29) is 23.1 Å². The summed E-state index contributed by atoms with van der Waals surface area (Å²) in [4.78, 5) is 25.6. The summed E-state index contributed by atoms with van der Waals surface area (Å²) in [6.45, 7) is 3.80. The zero-order valence-electron chi connectivity index (χ0n) is 11.6. The molecule has 0 fully saturated rings. The Hall–Kier alpha value is -2.27. The summed E-state index contributed by atoms with van der Waals surface area (Å²) in [5.41, 5.74) is 0.472. The molecule has 110 valence electrons. The number of halogens is 1. The number of ether oxygens (including phenoxy) is 1. The number of nitrogens with one attached hydrogen (secondary N) is 2. The zero-order chi connectivity index (χ0) is 15.4. The average Bonchev–Trinajstić information content (AvgIpc) is 2.41. The third-order valence-corrected chi connectivity index (χ3v) is 2.89. The second-order valence-electron chi connectivity index (χ2n) is 4.71. The Morgan fingerprint density at radius 1 is 1.29 bits per heavy atom. The Morgan fingerprint density at radius 2 is 2.05 bits per heavy atom. The van der Waals surface area contributed by atoms with Crippen molar-refractivity contribution in [3.8, 4) is 5.75 Å². The van der Waals surface area contributed by atoms with E-state index in [0.29, 0.717) is 16.5 Å². The number of rotatable bonds is 4. The summed E-state index contributed by atoms with van der Waals surface area (Å²) in [5, 5.41) is 3.08. The first kappa shape index (κ1) is 15.1. The van der Waals surface area contributed by atoms with Crippen LogP contribution in [0.3, 0.4) is 0 Å². The molecular formula is C15H15ClN2O3. The number of aromatic nitrogens is 1. The molecule has 0 radical (unpaired) electrons. The number of aromatic amines is 1. The lowest BCUT2D eigenvalue weighted by Crippen LogP contribution is -2.15. The highest BCUT2D eigenvalue weighted by atomic mass is 35.5. The van der Waals surface area contributed by atoms with Gasteiger partial charge in [0, 0.05) is 23.5 Å². The van der Waals surface area contributed by atoms with Crippen molar-refractivity contribution in [2.45, 2.75) is 20.0 Å². The summed E-state index contributed by atoms with van der Waals surface area (Å²) in [6.07, 6.45) is 1.43. The van der Waals surface area contributed by atoms with Crippen molar-refractivity contribution >= 4 is 23.2 Å². The van der Waals surface area contributed by atoms with Gasteiger partial charge >= 0.3 is 0 Å². The number of anilines is 1. The Labute approximate surface area is 126 Å². The number of carbonyl (C=O) groups is 1. The quantitative estimate of drug-likeness (QED) is 0.912. The summed E-state index contributed by atoms with van der Waals surface area (Å²) in [7, 11) is 0. The van der Waals surface area contributed by atoms with Crippen LogP contribution in [0.2, 0.25) is 5.02 Å². The first-order valence-electron chi connectivity index (χ1n) is 6.42. The summed E-state index contributed by atoms with van der Waals surface area (Å²) < 4.78 is 5.52. The van der Waals surface area contributed by atoms with Gasteiger partial charge in [0.15, 0.2) is 0 Å². The van der Waals surface area contributed by atoms with Crippen LogP contribution in [-0.2, 0) is 0 Å². The van der Waals surface area contributed by atoms with Gasteiger partial charge in [-0.05, 0) is 38.1 Å². The normalized spacial score (nSPS) is 10.5. The predicted octanol–water partition coefficient (Wildman–Crippen LogP) is 3.07. The first-order valence-corrected chi connectivity index (χ1v) is 6.80. The Bertz CT molecular complexity index is 710. The van der Waals surface area contributed by atoms with Gasteiger partial charge in [0.1, 0.15) is 5.75 Å². The van der Waals surface area contributed by atoms with Crippen LogP contribution in [0.4, 0.5) is 5.69 Å². The van der Waals surface area contributed by atoms with Crippen molar-refractivity contribution in [2.75, 3.05) is 5.32 Å². The lowest BCUT2D eigenvalue weighted by molar-refractivity contribution is 0.102. The van der Waals surface area contributed by atoms with Gasteiger partial charge in [-0.2, -0.15) is 0 Å². The standard InChI is InChI=1S/C15H15ClN2O3/c1-9(2)21-13-4-3-11(8-12(13)16)18-15(20)10-5-6-17-14(19)7-10/h3-9H,1-2H3,(H,17,19)(H,18,20). The smallest absolute Gasteiger partial charge is 0.255 e. The van der Waals surface area contributed by atoms with Gasteiger partial charge in [0.25, 0.3) is 5.91 Å². The molecule has 0 spiro atoms. The number of amides is 1. The molecule has 0 saturated carbocycles. The van der Waals surface area contributed by atoms with Gasteiger partial charge in [-0.25, -0.2) is 0 Å². The van der Waals surface area contributed by atoms with Gasteiger partial charge in [-0.15, -0.1) is 0 Å². The maximum atomic E-state index is 12.0. The highest BCUT2D eigenvalue weighted by Crippen LogP contribution is 2.28. The molecule has 2 aromatic rings. The lowest BCUT2D eigenvalue weighted by Gasteiger charge is -2.12. The number of hydrogen-bond acceptors (Lipinski definition) is 3. The molecule has 1 aromatic carbocycles. The highest BCUT2D eigenvalue weighted by Gasteiger charge is 2.09. The minimum atomic E-state index is -0.380. The fraction of sp³-hybridized carbons (Fsp3) is 0.200. The molecule has 0 aliphatic rings. The molecule has 0 unspecified atom stereocenters. The molecule has 5 nitrogen and oxygen atoms in total. The molecule has 21 heavy (non-hydrogen) atoms. The van der Waals surface area contributed by atoms with Crippen LogP contribution in [-0.4, -0.2) is 17.0 Å². The fourth-order valence-electron chi connectivity index (χ4n) is 1.72. The Morgan fingerprint density at radius 3 is 2.67 bits per heavy atom. The highest BCUT2D eigenvalue weighted by molar-refractivity contribution is 6.32. The first-order chi connectivity index (χ1) is 9.95. The molecule has 1 heterocycles. The van der Waals surface area contributed by atoms with Crippen LogP contribution in [0, 0.1) is 0 Å². The Kier molecular flexibility index (Phi) is 4.65. The lowest BCUT2D eigenvalue weighted by atomic mass is 10.2. The molecular weight excluding hydrogens is 292 g/mol. The topological polar surface area (TPSA) is 71.2 Å². The van der Waals surface area contributed by atoms with E-state index in [1.807, 2.05) is 13.8 Å². The van der Waals surface area contributed by atoms with Crippen LogP contribution in [0.1, 0.15) is 24.2 Å². The van der Waals surface area contributed by atoms with Gasteiger partial charge in [0.05, 0.1) is 11.1 Å². The number of carbonyl (C=O) groups excluding carboxylic acids is 1. The third-order valence-electron chi connectivity index (χ3n) is 2.59. The minimum absolute atomic E-state index is 0.0129. The van der Waals surface area contributed by atoms with Gasteiger partial charge in [-0.1, -0.05) is 11.6 Å². The van der Waals surface area contributed by atoms with E-state index < -0.39 is 0 Å². The molecule has 1 amide bonds. The molecule has 0 aliphatic heterocycles. The SMILES string of the molecule is CC(C)Oc1ccc(NC(=O)c2cc[nH]c(=O)c2)cc1Cl. The Balaban J connectivity index is 2.15. The fourth-order valence-corrected chi connectivity index (χ4v) is 1.94. The van der Waals surface area contributed by atoms with Gasteiger partial charge < -0.3 is 15.0 Å². The molecule has 6 heteroatoms. The number of pyridine rings is 1. The third kappa shape index (κ3) is 4.10. The van der Waals surface area contributed by atoms with Crippen LogP contribution < -0.4 is 15.6 Å². The van der Waals surface area contributed by atoms with E-state index >= 15 is 0 Å². The number of hydrogen-bond donors (Lipinski definition) is 2. The summed E-state index contributed by atoms with van der Waals surface area (Å²) >= 11 is 6.10. The van der Waals surface area contributed by atoms with E-state index in [0.717, 1.165) is 0 Å². The monoisotopic (exact) mass is 306 g/mol. The van der Waals surface area contributed by atoms with Crippen molar-refractivity contribution in [1.29, 1.82) is 0 Å². The number of H-pyrrole nitrogens is 1. The maximum absolute atomic E-state index is 12.0. The van der Waals surface area contributed by atoms with Crippen molar-refractivity contribution in [3.63, 3.8) is 0 Å². The summed E-state index contributed by atoms with van der Waals surface area (Å²) in [5.74, 6) is 0.176. The molecule has 2 rings (SSSR count). The van der Waals surface area contributed by atoms with E-state index in [2.05, 4.69) is 10.3 Å². The van der Waals surface area contributed by atoms with Crippen LogP contribution in [0.5, 0.6) is 5.75 Å². The molecule has 2 N–H and O–H groups in total. The molecule has 1 aromatic heterocycles. The van der Waals surface area contributed by atoms with E-state index in [1.165, 1.54) is 18.3 Å². The van der Waals surface area contributed by atoms with E-state index in [9.17, 15) is 9.59 Å². The van der Waals surface area contributed by atoms with Crippen molar-refractivity contribution in [1.82, 2.24) is 4.98 Å². The molecule has 0 atom stereocenters. The molecule has 0 bridgehead atoms. The van der Waals surface area contributed by atoms with Gasteiger partial charge in [0.2, 0.25) is 5.56 Å². The van der Waals surface area contributed by atoms with E-state index in [4.69, 9.17) is 16.3 Å². The maximum Gasteiger partial charge on any atom is 0.255 e. The van der Waals surface area contributed by atoms with Crippen molar-refractivity contribution < 1.29 is 9.53 Å². The zero-order valence-corrected chi connectivity index (χ0v) is 12.4. The average molecular weight is 307 g/mol. The predicted molar refractivity (Wildman–Crippen MR) is 82.2 cm³/mol. The van der Waals surface area contributed by atoms with Crippen molar-refractivity contribution in [3.05, 3.63) is 57.5 Å². The van der Waals surface area contributed by atoms with Crippen LogP contribution in [0.25, 0.3) is 0 Å². The second-order valence-corrected chi connectivity index (χ2v) is 5.11. The van der Waals surface area contributed by atoms with Crippen LogP contribution in [0.15, 0.2) is 41.3 Å². The number of benzene rings is 1. The largest absolute Gasteiger partial charge is 0.489 e.